The highest BCUT2D eigenvalue weighted by atomic mass is 32.2. The predicted molar refractivity (Wildman–Crippen MR) is 113 cm³/mol. The van der Waals surface area contributed by atoms with Crippen molar-refractivity contribution in [1.82, 2.24) is 9.97 Å². The number of rotatable bonds is 6. The van der Waals surface area contributed by atoms with E-state index < -0.39 is 0 Å². The number of carbonyl (C=O) groups is 1. The molecule has 2 aromatic carbocycles. The molecule has 0 aliphatic carbocycles. The molecule has 0 atom stereocenters. The first-order valence-corrected chi connectivity index (χ1v) is 10.4. The van der Waals surface area contributed by atoms with Gasteiger partial charge in [-0.1, -0.05) is 29.5 Å². The van der Waals surface area contributed by atoms with Gasteiger partial charge in [-0.3, -0.25) is 4.79 Å². The molecule has 0 saturated carbocycles. The summed E-state index contributed by atoms with van der Waals surface area (Å²) in [5.74, 6) is 0.780. The van der Waals surface area contributed by atoms with E-state index in [1.807, 2.05) is 54.6 Å². The molecular weight excluding hydrogens is 374 g/mol. The van der Waals surface area contributed by atoms with Crippen molar-refractivity contribution in [3.8, 4) is 10.6 Å². The molecule has 2 aromatic heterocycles. The van der Waals surface area contributed by atoms with E-state index in [0.29, 0.717) is 6.42 Å². The highest BCUT2D eigenvalue weighted by molar-refractivity contribution is 7.99. The Bertz CT molecular complexity index is 1010. The van der Waals surface area contributed by atoms with Crippen molar-refractivity contribution in [2.24, 2.45) is 0 Å². The Morgan fingerprint density at radius 2 is 1.81 bits per heavy atom. The monoisotopic (exact) mass is 391 g/mol. The average molecular weight is 392 g/mol. The highest BCUT2D eigenvalue weighted by Crippen LogP contribution is 2.29. The number of hydrogen-bond acceptors (Lipinski definition) is 5. The lowest BCUT2D eigenvalue weighted by Crippen LogP contribution is -2.12. The Hall–Kier alpha value is -2.70. The van der Waals surface area contributed by atoms with Crippen LogP contribution in [-0.2, 0) is 4.79 Å². The van der Waals surface area contributed by atoms with Gasteiger partial charge in [-0.05, 0) is 48.5 Å². The fourth-order valence-corrected chi connectivity index (χ4v) is 4.38. The number of aromatic nitrogens is 2. The van der Waals surface area contributed by atoms with Gasteiger partial charge in [0.2, 0.25) is 5.91 Å². The Morgan fingerprint density at radius 1 is 1.00 bits per heavy atom. The van der Waals surface area contributed by atoms with Gasteiger partial charge in [0.15, 0.2) is 0 Å². The lowest BCUT2D eigenvalue weighted by atomic mass is 10.2. The normalized spacial score (nSPS) is 10.8. The van der Waals surface area contributed by atoms with Crippen molar-refractivity contribution in [1.29, 1.82) is 0 Å². The molecule has 4 aromatic rings. The molecule has 4 rings (SSSR count). The first-order valence-electron chi connectivity index (χ1n) is 8.58. The van der Waals surface area contributed by atoms with Gasteiger partial charge in [-0.25, -0.2) is 9.97 Å². The van der Waals surface area contributed by atoms with Crippen LogP contribution in [0.15, 0.2) is 77.8 Å². The van der Waals surface area contributed by atoms with Gasteiger partial charge in [-0.2, -0.15) is 0 Å². The van der Waals surface area contributed by atoms with E-state index in [4.69, 9.17) is 0 Å². The summed E-state index contributed by atoms with van der Waals surface area (Å²) in [6, 6.07) is 21.7. The van der Waals surface area contributed by atoms with E-state index in [1.54, 1.807) is 29.3 Å². The topological polar surface area (TPSA) is 54.9 Å². The van der Waals surface area contributed by atoms with Crippen LogP contribution in [0.5, 0.6) is 0 Å². The first kappa shape index (κ1) is 17.7. The van der Waals surface area contributed by atoms with Crippen LogP contribution in [0, 0.1) is 0 Å². The number of amides is 1. The predicted octanol–water partition coefficient (Wildman–Crippen LogP) is 5.48. The zero-order valence-corrected chi connectivity index (χ0v) is 16.1. The number of carbonyl (C=O) groups excluding carboxylic acids is 1. The number of thioether (sulfide) groups is 1. The molecule has 27 heavy (non-hydrogen) atoms. The van der Waals surface area contributed by atoms with Crippen molar-refractivity contribution < 1.29 is 4.79 Å². The number of thiazole rings is 1. The van der Waals surface area contributed by atoms with Gasteiger partial charge in [-0.15, -0.1) is 11.8 Å². The number of nitrogens with zero attached hydrogens (tertiary/aromatic N) is 2. The molecule has 0 unspecified atom stereocenters. The zero-order chi connectivity index (χ0) is 18.5. The van der Waals surface area contributed by atoms with Crippen molar-refractivity contribution in [3.63, 3.8) is 0 Å². The third-order valence-electron chi connectivity index (χ3n) is 3.92. The largest absolute Gasteiger partial charge is 0.326 e. The first-order chi connectivity index (χ1) is 13.3. The van der Waals surface area contributed by atoms with E-state index in [9.17, 15) is 4.79 Å². The number of benzene rings is 2. The summed E-state index contributed by atoms with van der Waals surface area (Å²) >= 11 is 3.25. The maximum atomic E-state index is 12.1. The third kappa shape index (κ3) is 4.53. The number of hydrogen-bond donors (Lipinski definition) is 1. The van der Waals surface area contributed by atoms with Crippen LogP contribution in [0.2, 0.25) is 0 Å². The fraction of sp³-hybridized carbons (Fsp3) is 0.0952. The van der Waals surface area contributed by atoms with Gasteiger partial charge in [0.05, 0.1) is 0 Å². The quantitative estimate of drug-likeness (QED) is 0.442. The SMILES string of the molecule is O=C(CCSc1ccccc1)Nc1ccc(-c2nc3cccnc3s2)cc1. The van der Waals surface area contributed by atoms with E-state index in [0.717, 1.165) is 32.4 Å². The van der Waals surface area contributed by atoms with Gasteiger partial charge < -0.3 is 5.32 Å². The van der Waals surface area contributed by atoms with Crippen molar-refractivity contribution in [2.45, 2.75) is 11.3 Å². The molecule has 0 spiro atoms. The molecule has 1 amide bonds. The van der Waals surface area contributed by atoms with Gasteiger partial charge >= 0.3 is 0 Å². The van der Waals surface area contributed by atoms with Crippen LogP contribution in [0.4, 0.5) is 5.69 Å². The molecule has 6 heteroatoms. The summed E-state index contributed by atoms with van der Waals surface area (Å²) in [4.78, 5) is 23.2. The lowest BCUT2D eigenvalue weighted by molar-refractivity contribution is -0.115. The minimum atomic E-state index is 0.0235. The maximum Gasteiger partial charge on any atom is 0.225 e. The van der Waals surface area contributed by atoms with Crippen LogP contribution in [0.3, 0.4) is 0 Å². The Morgan fingerprint density at radius 3 is 2.59 bits per heavy atom. The standard InChI is InChI=1S/C21H17N3OS2/c25-19(12-14-26-17-5-2-1-3-6-17)23-16-10-8-15(9-11-16)20-24-18-7-4-13-22-21(18)27-20/h1-11,13H,12,14H2,(H,23,25). The molecule has 0 aliphatic rings. The van der Waals surface area contributed by atoms with E-state index in [1.165, 1.54) is 4.90 Å². The summed E-state index contributed by atoms with van der Waals surface area (Å²) in [5.41, 5.74) is 2.73. The van der Waals surface area contributed by atoms with Crippen LogP contribution in [0.25, 0.3) is 20.9 Å². The van der Waals surface area contributed by atoms with Crippen LogP contribution in [-0.4, -0.2) is 21.6 Å². The van der Waals surface area contributed by atoms with E-state index in [-0.39, 0.29) is 5.91 Å². The zero-order valence-electron chi connectivity index (χ0n) is 14.5. The summed E-state index contributed by atoms with van der Waals surface area (Å²) in [5, 5.41) is 3.88. The smallest absolute Gasteiger partial charge is 0.225 e. The lowest BCUT2D eigenvalue weighted by Gasteiger charge is -2.06. The molecule has 1 N–H and O–H groups in total. The summed E-state index contributed by atoms with van der Waals surface area (Å²) in [6.07, 6.45) is 2.25. The molecule has 0 saturated heterocycles. The second-order valence-corrected chi connectivity index (χ2v) is 8.03. The Balaban J connectivity index is 1.34. The Kier molecular flexibility index (Phi) is 5.46. The number of anilines is 1. The van der Waals surface area contributed by atoms with Crippen molar-refractivity contribution >= 4 is 45.0 Å². The minimum Gasteiger partial charge on any atom is -0.326 e. The third-order valence-corrected chi connectivity index (χ3v) is 5.97. The molecular formula is C21H17N3OS2. The van der Waals surface area contributed by atoms with Crippen molar-refractivity contribution in [3.05, 3.63) is 72.9 Å². The second kappa shape index (κ2) is 8.33. The minimum absolute atomic E-state index is 0.0235. The van der Waals surface area contributed by atoms with Crippen molar-refractivity contribution in [2.75, 3.05) is 11.1 Å². The molecule has 4 nitrogen and oxygen atoms in total. The van der Waals surface area contributed by atoms with Crippen LogP contribution in [0.1, 0.15) is 6.42 Å². The highest BCUT2D eigenvalue weighted by Gasteiger charge is 2.08. The number of pyridine rings is 1. The van der Waals surface area contributed by atoms with Gasteiger partial charge in [0, 0.05) is 34.5 Å². The molecule has 0 fully saturated rings. The molecule has 0 radical (unpaired) electrons. The second-order valence-electron chi connectivity index (χ2n) is 5.88. The van der Waals surface area contributed by atoms with Gasteiger partial charge in [0.1, 0.15) is 15.4 Å². The van der Waals surface area contributed by atoms with Gasteiger partial charge in [0.25, 0.3) is 0 Å². The maximum absolute atomic E-state index is 12.1. The summed E-state index contributed by atoms with van der Waals surface area (Å²) < 4.78 is 0. The average Bonchev–Trinajstić information content (AvgIpc) is 3.13. The van der Waals surface area contributed by atoms with Crippen LogP contribution >= 0.6 is 23.1 Å². The van der Waals surface area contributed by atoms with E-state index >= 15 is 0 Å². The molecule has 134 valence electrons. The fourth-order valence-electron chi connectivity index (χ4n) is 2.59. The number of fused-ring (bicyclic) bond motifs is 1. The van der Waals surface area contributed by atoms with E-state index in [2.05, 4.69) is 27.4 Å². The number of nitrogens with one attached hydrogen (secondary N) is 1. The summed E-state index contributed by atoms with van der Waals surface area (Å²) in [7, 11) is 0. The molecule has 0 bridgehead atoms. The summed E-state index contributed by atoms with van der Waals surface area (Å²) in [6.45, 7) is 0. The molecule has 2 heterocycles. The Labute approximate surface area is 165 Å². The van der Waals surface area contributed by atoms with Crippen LogP contribution < -0.4 is 5.32 Å². The molecule has 0 aliphatic heterocycles.